The molecular formula is C20H15ClINO. The molecule has 0 spiro atoms. The zero-order valence-electron chi connectivity index (χ0n) is 12.8. The predicted octanol–water partition coefficient (Wildman–Crippen LogP) is 5.79. The molecule has 0 saturated carbocycles. The van der Waals surface area contributed by atoms with Crippen molar-refractivity contribution in [2.75, 3.05) is 4.90 Å². The van der Waals surface area contributed by atoms with Gasteiger partial charge in [-0.1, -0.05) is 66.2 Å². The Morgan fingerprint density at radius 3 is 2.21 bits per heavy atom. The zero-order chi connectivity index (χ0) is 16.9. The number of rotatable bonds is 4. The molecule has 0 fully saturated rings. The van der Waals surface area contributed by atoms with Crippen molar-refractivity contribution < 1.29 is 4.79 Å². The third-order valence-corrected chi connectivity index (χ3v) is 4.92. The summed E-state index contributed by atoms with van der Waals surface area (Å²) in [5.41, 5.74) is 2.46. The number of anilines is 1. The summed E-state index contributed by atoms with van der Waals surface area (Å²) in [7, 11) is 0. The van der Waals surface area contributed by atoms with Gasteiger partial charge in [0.05, 0.1) is 22.8 Å². The monoisotopic (exact) mass is 447 g/mol. The molecule has 24 heavy (non-hydrogen) atoms. The smallest absolute Gasteiger partial charge is 0.260 e. The Morgan fingerprint density at radius 1 is 0.875 bits per heavy atom. The minimum absolute atomic E-state index is 0.103. The van der Waals surface area contributed by atoms with Gasteiger partial charge in [-0.25, -0.2) is 0 Å². The number of hydrogen-bond donors (Lipinski definition) is 0. The van der Waals surface area contributed by atoms with Crippen LogP contribution < -0.4 is 4.90 Å². The summed E-state index contributed by atoms with van der Waals surface area (Å²) in [5.74, 6) is -0.103. The Morgan fingerprint density at radius 2 is 1.50 bits per heavy atom. The van der Waals surface area contributed by atoms with Gasteiger partial charge in [-0.05, 0) is 52.4 Å². The first-order valence-corrected chi connectivity index (χ1v) is 8.97. The Labute approximate surface area is 160 Å². The van der Waals surface area contributed by atoms with Gasteiger partial charge < -0.3 is 4.90 Å². The van der Waals surface area contributed by atoms with Crippen LogP contribution in [0.3, 0.4) is 0 Å². The van der Waals surface area contributed by atoms with Crippen LogP contribution in [0.5, 0.6) is 0 Å². The molecule has 0 bridgehead atoms. The molecule has 3 rings (SSSR count). The summed E-state index contributed by atoms with van der Waals surface area (Å²) in [6.45, 7) is 0.491. The molecule has 0 unspecified atom stereocenters. The molecule has 0 aliphatic rings. The molecule has 0 heterocycles. The van der Waals surface area contributed by atoms with E-state index in [4.69, 9.17) is 11.6 Å². The SMILES string of the molecule is O=C(c1ccccc1Cl)N(Cc1ccccc1)c1ccccc1I. The Bertz CT molecular complexity index is 851. The largest absolute Gasteiger partial charge is 0.303 e. The van der Waals surface area contributed by atoms with E-state index in [-0.39, 0.29) is 5.91 Å². The van der Waals surface area contributed by atoms with Gasteiger partial charge in [0.15, 0.2) is 0 Å². The number of benzene rings is 3. The lowest BCUT2D eigenvalue weighted by molar-refractivity contribution is 0.0985. The first-order chi connectivity index (χ1) is 11.7. The highest BCUT2D eigenvalue weighted by Gasteiger charge is 2.21. The van der Waals surface area contributed by atoms with Crippen LogP contribution in [-0.2, 0) is 6.54 Å². The maximum Gasteiger partial charge on any atom is 0.260 e. The van der Waals surface area contributed by atoms with Gasteiger partial charge >= 0.3 is 0 Å². The molecule has 2 nitrogen and oxygen atoms in total. The quantitative estimate of drug-likeness (QED) is 0.464. The zero-order valence-corrected chi connectivity index (χ0v) is 15.7. The molecule has 0 saturated heterocycles. The first kappa shape index (κ1) is 17.0. The third-order valence-electron chi connectivity index (χ3n) is 3.68. The van der Waals surface area contributed by atoms with Gasteiger partial charge in [0.25, 0.3) is 5.91 Å². The van der Waals surface area contributed by atoms with Crippen molar-refractivity contribution in [1.82, 2.24) is 0 Å². The van der Waals surface area contributed by atoms with Crippen LogP contribution >= 0.6 is 34.2 Å². The number of hydrogen-bond acceptors (Lipinski definition) is 1. The second kappa shape index (κ2) is 7.81. The summed E-state index contributed by atoms with van der Waals surface area (Å²) in [6, 6.07) is 25.0. The highest BCUT2D eigenvalue weighted by molar-refractivity contribution is 14.1. The van der Waals surface area contributed by atoms with Gasteiger partial charge in [-0.15, -0.1) is 0 Å². The van der Waals surface area contributed by atoms with Crippen molar-refractivity contribution in [2.45, 2.75) is 6.54 Å². The average Bonchev–Trinajstić information content (AvgIpc) is 2.61. The third kappa shape index (κ3) is 3.79. The lowest BCUT2D eigenvalue weighted by atomic mass is 10.1. The fourth-order valence-electron chi connectivity index (χ4n) is 2.48. The van der Waals surface area contributed by atoms with E-state index in [0.29, 0.717) is 17.1 Å². The predicted molar refractivity (Wildman–Crippen MR) is 108 cm³/mol. The molecule has 0 aliphatic carbocycles. The van der Waals surface area contributed by atoms with E-state index in [1.807, 2.05) is 66.7 Å². The summed E-state index contributed by atoms with van der Waals surface area (Å²) in [6.07, 6.45) is 0. The Kier molecular flexibility index (Phi) is 5.53. The van der Waals surface area contributed by atoms with E-state index in [1.165, 1.54) is 0 Å². The van der Waals surface area contributed by atoms with E-state index in [0.717, 1.165) is 14.8 Å². The van der Waals surface area contributed by atoms with Crippen molar-refractivity contribution in [2.24, 2.45) is 0 Å². The van der Waals surface area contributed by atoms with E-state index in [2.05, 4.69) is 22.6 Å². The van der Waals surface area contributed by atoms with Gasteiger partial charge in [-0.2, -0.15) is 0 Å². The van der Waals surface area contributed by atoms with Gasteiger partial charge in [0.2, 0.25) is 0 Å². The minimum atomic E-state index is -0.103. The first-order valence-electron chi connectivity index (χ1n) is 7.51. The number of amides is 1. The van der Waals surface area contributed by atoms with Crippen LogP contribution in [0.25, 0.3) is 0 Å². The molecule has 0 atom stereocenters. The van der Waals surface area contributed by atoms with Crippen LogP contribution in [0.2, 0.25) is 5.02 Å². The van der Waals surface area contributed by atoms with Gasteiger partial charge in [0.1, 0.15) is 0 Å². The van der Waals surface area contributed by atoms with Gasteiger partial charge in [0, 0.05) is 3.57 Å². The van der Waals surface area contributed by atoms with Crippen LogP contribution in [0.4, 0.5) is 5.69 Å². The number of nitrogens with zero attached hydrogens (tertiary/aromatic N) is 1. The normalized spacial score (nSPS) is 10.4. The molecule has 0 N–H and O–H groups in total. The number of carbonyl (C=O) groups is 1. The molecule has 3 aromatic rings. The van der Waals surface area contributed by atoms with Crippen LogP contribution in [0.15, 0.2) is 78.9 Å². The van der Waals surface area contributed by atoms with Crippen molar-refractivity contribution in [1.29, 1.82) is 0 Å². The van der Waals surface area contributed by atoms with E-state index in [9.17, 15) is 4.79 Å². The highest BCUT2D eigenvalue weighted by Crippen LogP contribution is 2.27. The molecular weight excluding hydrogens is 433 g/mol. The fraction of sp³-hybridized carbons (Fsp3) is 0.0500. The average molecular weight is 448 g/mol. The molecule has 3 aromatic carbocycles. The molecule has 0 aromatic heterocycles. The fourth-order valence-corrected chi connectivity index (χ4v) is 3.38. The summed E-state index contributed by atoms with van der Waals surface area (Å²) >= 11 is 8.50. The molecule has 120 valence electrons. The van der Waals surface area contributed by atoms with Crippen molar-refractivity contribution in [3.8, 4) is 0 Å². The van der Waals surface area contributed by atoms with Crippen LogP contribution in [0, 0.1) is 3.57 Å². The van der Waals surface area contributed by atoms with Crippen molar-refractivity contribution in [3.05, 3.63) is 98.6 Å². The minimum Gasteiger partial charge on any atom is -0.303 e. The Balaban J connectivity index is 2.04. The van der Waals surface area contributed by atoms with E-state index in [1.54, 1.807) is 17.0 Å². The topological polar surface area (TPSA) is 20.3 Å². The van der Waals surface area contributed by atoms with Crippen LogP contribution in [0.1, 0.15) is 15.9 Å². The maximum atomic E-state index is 13.2. The summed E-state index contributed by atoms with van der Waals surface area (Å²) in [5, 5.41) is 0.464. The van der Waals surface area contributed by atoms with Crippen LogP contribution in [-0.4, -0.2) is 5.91 Å². The molecule has 1 amide bonds. The molecule has 0 aliphatic heterocycles. The summed E-state index contributed by atoms with van der Waals surface area (Å²) in [4.78, 5) is 14.9. The number of halogens is 2. The summed E-state index contributed by atoms with van der Waals surface area (Å²) < 4.78 is 1.02. The van der Waals surface area contributed by atoms with E-state index < -0.39 is 0 Å². The molecule has 4 heteroatoms. The lowest BCUT2D eigenvalue weighted by Crippen LogP contribution is -2.31. The van der Waals surface area contributed by atoms with Gasteiger partial charge in [-0.3, -0.25) is 4.79 Å². The van der Waals surface area contributed by atoms with Crippen molar-refractivity contribution in [3.63, 3.8) is 0 Å². The number of para-hydroxylation sites is 1. The second-order valence-electron chi connectivity index (χ2n) is 5.31. The maximum absolute atomic E-state index is 13.2. The Hall–Kier alpha value is -1.85. The highest BCUT2D eigenvalue weighted by atomic mass is 127. The van der Waals surface area contributed by atoms with Crippen molar-refractivity contribution >= 4 is 45.8 Å². The lowest BCUT2D eigenvalue weighted by Gasteiger charge is -2.24. The molecule has 0 radical (unpaired) electrons. The number of carbonyl (C=O) groups excluding carboxylic acids is 1. The standard InChI is InChI=1S/C20H15ClINO/c21-17-11-5-4-10-16(17)20(24)23(14-15-8-2-1-3-9-15)19-13-7-6-12-18(19)22/h1-13H,14H2. The second-order valence-corrected chi connectivity index (χ2v) is 6.88. The van der Waals surface area contributed by atoms with E-state index >= 15 is 0 Å².